The van der Waals surface area contributed by atoms with Gasteiger partial charge in [0, 0.05) is 0 Å². The van der Waals surface area contributed by atoms with E-state index in [1.807, 2.05) is 6.92 Å². The van der Waals surface area contributed by atoms with Crippen molar-refractivity contribution in [2.24, 2.45) is 0 Å². The van der Waals surface area contributed by atoms with E-state index in [9.17, 15) is 4.21 Å². The van der Waals surface area contributed by atoms with Gasteiger partial charge in [-0.25, -0.2) is 4.21 Å². The van der Waals surface area contributed by atoms with Gasteiger partial charge in [0.1, 0.15) is 5.75 Å². The second-order valence-corrected chi connectivity index (χ2v) is 3.54. The fourth-order valence-corrected chi connectivity index (χ4v) is 1.30. The third-order valence-corrected chi connectivity index (χ3v) is 2.14. The van der Waals surface area contributed by atoms with Gasteiger partial charge in [-0.05, 0) is 24.6 Å². The van der Waals surface area contributed by atoms with Crippen molar-refractivity contribution in [3.63, 3.8) is 0 Å². The van der Waals surface area contributed by atoms with Crippen molar-refractivity contribution >= 4 is 11.1 Å². The van der Waals surface area contributed by atoms with Crippen LogP contribution in [0.15, 0.2) is 29.2 Å². The van der Waals surface area contributed by atoms with Crippen molar-refractivity contribution < 1.29 is 13.5 Å². The summed E-state index contributed by atoms with van der Waals surface area (Å²) < 4.78 is 24.8. The van der Waals surface area contributed by atoms with Crippen LogP contribution in [0.4, 0.5) is 0 Å². The summed E-state index contributed by atoms with van der Waals surface area (Å²) in [6.07, 6.45) is 0.923. The molecule has 1 rings (SSSR count). The molecule has 1 aromatic carbocycles. The third-order valence-electron chi connectivity index (χ3n) is 1.48. The van der Waals surface area contributed by atoms with Crippen LogP contribution in [0, 0.1) is 0 Å². The molecule has 3 nitrogen and oxygen atoms in total. The van der Waals surface area contributed by atoms with Crippen molar-refractivity contribution in [1.29, 1.82) is 0 Å². The van der Waals surface area contributed by atoms with Gasteiger partial charge in [-0.15, -0.1) is 0 Å². The fraction of sp³-hybridized carbons (Fsp3) is 0.333. The number of ether oxygens (including phenoxy) is 1. The minimum absolute atomic E-state index is 0.369. The Balaban J connectivity index is 2.73. The maximum atomic E-state index is 10.7. The molecule has 0 saturated heterocycles. The first kappa shape index (κ1) is 10.2. The molecule has 0 spiro atoms. The van der Waals surface area contributed by atoms with Gasteiger partial charge in [-0.2, -0.15) is 0 Å². The fourth-order valence-electron chi connectivity index (χ4n) is 0.893. The normalized spacial score (nSPS) is 12.5. The van der Waals surface area contributed by atoms with Crippen LogP contribution < -0.4 is 4.74 Å². The average Bonchev–Trinajstić information content (AvgIpc) is 2.15. The smallest absolute Gasteiger partial charge is 0.186 e. The molecule has 72 valence electrons. The molecule has 1 N–H and O–H groups in total. The first-order valence-electron chi connectivity index (χ1n) is 4.07. The Morgan fingerprint density at radius 1 is 1.54 bits per heavy atom. The number of hydrogen-bond donors (Lipinski definition) is 1. The maximum Gasteiger partial charge on any atom is 0.186 e. The second-order valence-electron chi connectivity index (χ2n) is 2.57. The molecule has 0 aliphatic rings. The number of benzene rings is 1. The summed E-state index contributed by atoms with van der Waals surface area (Å²) in [5, 5.41) is 0. The minimum Gasteiger partial charge on any atom is -0.494 e. The Morgan fingerprint density at radius 3 is 2.92 bits per heavy atom. The van der Waals surface area contributed by atoms with E-state index in [4.69, 9.17) is 9.29 Å². The number of rotatable bonds is 4. The van der Waals surface area contributed by atoms with Crippen LogP contribution in [-0.4, -0.2) is 15.4 Å². The molecule has 0 radical (unpaired) electrons. The molecule has 0 aliphatic carbocycles. The Labute approximate surface area is 80.0 Å². The Hall–Kier alpha value is -0.870. The van der Waals surface area contributed by atoms with Gasteiger partial charge < -0.3 is 9.29 Å². The highest BCUT2D eigenvalue weighted by atomic mass is 32.2. The zero-order chi connectivity index (χ0) is 9.68. The molecule has 1 unspecified atom stereocenters. The molecular formula is C9H12O3S. The van der Waals surface area contributed by atoms with Crippen molar-refractivity contribution in [2.75, 3.05) is 6.61 Å². The van der Waals surface area contributed by atoms with Gasteiger partial charge in [-0.1, -0.05) is 13.0 Å². The summed E-state index contributed by atoms with van der Waals surface area (Å²) in [7, 11) is 0. The lowest BCUT2D eigenvalue weighted by Crippen LogP contribution is -1.96. The monoisotopic (exact) mass is 200 g/mol. The van der Waals surface area contributed by atoms with E-state index in [2.05, 4.69) is 0 Å². The molecule has 0 saturated carbocycles. The molecule has 0 fully saturated rings. The molecule has 0 bridgehead atoms. The Bertz CT molecular complexity index is 299. The zero-order valence-electron chi connectivity index (χ0n) is 7.40. The van der Waals surface area contributed by atoms with Gasteiger partial charge in [0.15, 0.2) is 11.1 Å². The second kappa shape index (κ2) is 4.99. The predicted molar refractivity (Wildman–Crippen MR) is 51.3 cm³/mol. The largest absolute Gasteiger partial charge is 0.494 e. The van der Waals surface area contributed by atoms with Crippen molar-refractivity contribution in [1.82, 2.24) is 0 Å². The molecule has 13 heavy (non-hydrogen) atoms. The molecule has 4 heteroatoms. The number of hydrogen-bond acceptors (Lipinski definition) is 2. The highest BCUT2D eigenvalue weighted by molar-refractivity contribution is 7.79. The van der Waals surface area contributed by atoms with E-state index in [1.165, 1.54) is 0 Å². The van der Waals surface area contributed by atoms with E-state index >= 15 is 0 Å². The maximum absolute atomic E-state index is 10.7. The first-order chi connectivity index (χ1) is 6.24. The quantitative estimate of drug-likeness (QED) is 0.757. The van der Waals surface area contributed by atoms with Gasteiger partial charge in [0.05, 0.1) is 11.5 Å². The SMILES string of the molecule is CCCOc1cccc(S(=O)O)c1. The van der Waals surface area contributed by atoms with Gasteiger partial charge in [0.2, 0.25) is 0 Å². The van der Waals surface area contributed by atoms with Crippen molar-refractivity contribution in [2.45, 2.75) is 18.2 Å². The van der Waals surface area contributed by atoms with E-state index in [0.717, 1.165) is 6.42 Å². The van der Waals surface area contributed by atoms with Gasteiger partial charge in [-0.3, -0.25) is 0 Å². The lowest BCUT2D eigenvalue weighted by Gasteiger charge is -2.04. The topological polar surface area (TPSA) is 46.5 Å². The van der Waals surface area contributed by atoms with Crippen LogP contribution in [0.5, 0.6) is 5.75 Å². The molecule has 0 aliphatic heterocycles. The summed E-state index contributed by atoms with van der Waals surface area (Å²) in [6, 6.07) is 6.64. The minimum atomic E-state index is -1.92. The molecule has 0 heterocycles. The van der Waals surface area contributed by atoms with Crippen molar-refractivity contribution in [3.05, 3.63) is 24.3 Å². The predicted octanol–water partition coefficient (Wildman–Crippen LogP) is 2.06. The Morgan fingerprint density at radius 2 is 2.31 bits per heavy atom. The van der Waals surface area contributed by atoms with E-state index in [1.54, 1.807) is 24.3 Å². The standard InChI is InChI=1S/C9H12O3S/c1-2-6-12-8-4-3-5-9(7-8)13(10)11/h3-5,7H,2,6H2,1H3,(H,10,11). The van der Waals surface area contributed by atoms with Crippen LogP contribution in [0.25, 0.3) is 0 Å². The molecule has 0 aromatic heterocycles. The third kappa shape index (κ3) is 3.16. The van der Waals surface area contributed by atoms with Gasteiger partial charge >= 0.3 is 0 Å². The summed E-state index contributed by atoms with van der Waals surface area (Å²) >= 11 is -1.92. The van der Waals surface area contributed by atoms with E-state index < -0.39 is 11.1 Å². The van der Waals surface area contributed by atoms with Crippen LogP contribution in [0.2, 0.25) is 0 Å². The van der Waals surface area contributed by atoms with Gasteiger partial charge in [0.25, 0.3) is 0 Å². The Kier molecular flexibility index (Phi) is 3.92. The summed E-state index contributed by atoms with van der Waals surface area (Å²) in [5.74, 6) is 0.641. The lowest BCUT2D eigenvalue weighted by atomic mass is 10.3. The molecule has 0 amide bonds. The summed E-state index contributed by atoms with van der Waals surface area (Å²) in [4.78, 5) is 0.369. The lowest BCUT2D eigenvalue weighted by molar-refractivity contribution is 0.316. The van der Waals surface area contributed by atoms with Crippen molar-refractivity contribution in [3.8, 4) is 5.75 Å². The van der Waals surface area contributed by atoms with E-state index in [-0.39, 0.29) is 0 Å². The summed E-state index contributed by atoms with van der Waals surface area (Å²) in [6.45, 7) is 2.63. The van der Waals surface area contributed by atoms with E-state index in [0.29, 0.717) is 17.3 Å². The molecule has 1 aromatic rings. The average molecular weight is 200 g/mol. The molecular weight excluding hydrogens is 188 g/mol. The summed E-state index contributed by atoms with van der Waals surface area (Å²) in [5.41, 5.74) is 0. The van der Waals surface area contributed by atoms with Crippen LogP contribution in [0.3, 0.4) is 0 Å². The zero-order valence-corrected chi connectivity index (χ0v) is 8.21. The van der Waals surface area contributed by atoms with Crippen LogP contribution >= 0.6 is 0 Å². The highest BCUT2D eigenvalue weighted by Crippen LogP contribution is 2.15. The van der Waals surface area contributed by atoms with Crippen LogP contribution in [-0.2, 0) is 11.1 Å². The first-order valence-corrected chi connectivity index (χ1v) is 5.18. The highest BCUT2D eigenvalue weighted by Gasteiger charge is 2.00. The molecule has 1 atom stereocenters. The van der Waals surface area contributed by atoms with Crippen LogP contribution in [0.1, 0.15) is 13.3 Å².